The fourth-order valence-corrected chi connectivity index (χ4v) is 0.300. The van der Waals surface area contributed by atoms with Gasteiger partial charge in [0.05, 0.1) is 0 Å². The zero-order valence-corrected chi connectivity index (χ0v) is 10.9. The van der Waals surface area contributed by atoms with Gasteiger partial charge >= 0.3 is 17.9 Å². The second-order valence-corrected chi connectivity index (χ2v) is 2.85. The molecule has 0 aliphatic rings. The first-order chi connectivity index (χ1) is 8.63. The molecule has 0 aliphatic carbocycles. The van der Waals surface area contributed by atoms with E-state index in [-0.39, 0.29) is 11.1 Å². The second-order valence-electron chi connectivity index (χ2n) is 2.59. The van der Waals surface area contributed by atoms with Crippen molar-refractivity contribution in [3.05, 3.63) is 35.8 Å². The van der Waals surface area contributed by atoms with Gasteiger partial charge in [0.25, 0.3) is 0 Å². The first-order valence-corrected chi connectivity index (χ1v) is 4.87. The monoisotopic (exact) mass is 287 g/mol. The molecule has 7 nitrogen and oxygen atoms in total. The molecule has 0 fully saturated rings. The number of rotatable bonds is 3. The standard InChI is InChI=1S/C4H3NO2S.C4H6O2.C3H4O2/c5-1-3(2-8)4(6)7;1-3(2)4(5)6;1-2-3(4)5/h2,8H,(H,6,7);1H2,2H3,(H,5,6);2H,1H2,(H,4,5). The third-order valence-electron chi connectivity index (χ3n) is 1.02. The smallest absolute Gasteiger partial charge is 0.346 e. The van der Waals surface area contributed by atoms with Gasteiger partial charge in [-0.2, -0.15) is 5.26 Å². The van der Waals surface area contributed by atoms with Crippen molar-refractivity contribution in [2.45, 2.75) is 6.92 Å². The summed E-state index contributed by atoms with van der Waals surface area (Å²) in [6.45, 7) is 7.56. The van der Waals surface area contributed by atoms with Crippen LogP contribution in [0.15, 0.2) is 35.8 Å². The summed E-state index contributed by atoms with van der Waals surface area (Å²) in [4.78, 5) is 28.7. The lowest BCUT2D eigenvalue weighted by Crippen LogP contribution is -1.95. The number of hydrogen-bond acceptors (Lipinski definition) is 5. The van der Waals surface area contributed by atoms with Crippen molar-refractivity contribution in [2.24, 2.45) is 0 Å². The number of carbonyl (C=O) groups is 3. The van der Waals surface area contributed by atoms with Gasteiger partial charge in [-0.1, -0.05) is 13.2 Å². The zero-order chi connectivity index (χ0) is 16.0. The molecule has 0 heterocycles. The number of carboxylic acids is 3. The van der Waals surface area contributed by atoms with E-state index in [1.807, 2.05) is 0 Å². The molecule has 0 atom stereocenters. The minimum absolute atomic E-state index is 0.176. The van der Waals surface area contributed by atoms with Crippen molar-refractivity contribution in [1.29, 1.82) is 5.26 Å². The summed E-state index contributed by atoms with van der Waals surface area (Å²) in [5.74, 6) is -3.16. The maximum Gasteiger partial charge on any atom is 0.346 e. The Labute approximate surface area is 115 Å². The van der Waals surface area contributed by atoms with E-state index in [2.05, 4.69) is 25.8 Å². The van der Waals surface area contributed by atoms with Gasteiger partial charge in [-0.05, 0) is 12.3 Å². The summed E-state index contributed by atoms with van der Waals surface area (Å²) >= 11 is 3.47. The zero-order valence-electron chi connectivity index (χ0n) is 10.0. The molecule has 0 saturated heterocycles. The van der Waals surface area contributed by atoms with Crippen LogP contribution in [0.2, 0.25) is 0 Å². The Balaban J connectivity index is -0.000000209. The number of aliphatic carboxylic acids is 3. The van der Waals surface area contributed by atoms with Crippen LogP contribution in [-0.4, -0.2) is 33.2 Å². The average molecular weight is 287 g/mol. The second kappa shape index (κ2) is 13.5. The summed E-state index contributed by atoms with van der Waals surface area (Å²) < 4.78 is 0. The molecule has 0 aromatic carbocycles. The Morgan fingerprint density at radius 2 is 1.53 bits per heavy atom. The first-order valence-electron chi connectivity index (χ1n) is 4.35. The largest absolute Gasteiger partial charge is 0.478 e. The quantitative estimate of drug-likeness (QED) is 0.349. The fourth-order valence-electron chi connectivity index (χ4n) is 0.132. The van der Waals surface area contributed by atoms with Gasteiger partial charge in [-0.3, -0.25) is 0 Å². The molecule has 19 heavy (non-hydrogen) atoms. The van der Waals surface area contributed by atoms with E-state index in [1.165, 1.54) is 13.0 Å². The average Bonchev–Trinajstić information content (AvgIpc) is 2.31. The van der Waals surface area contributed by atoms with Crippen molar-refractivity contribution in [3.63, 3.8) is 0 Å². The number of nitrogens with zero attached hydrogens (tertiary/aromatic N) is 1. The predicted molar refractivity (Wildman–Crippen MR) is 70.6 cm³/mol. The van der Waals surface area contributed by atoms with Crippen molar-refractivity contribution < 1.29 is 29.7 Å². The van der Waals surface area contributed by atoms with Crippen LogP contribution in [0, 0.1) is 11.3 Å². The topological polar surface area (TPSA) is 136 Å². The lowest BCUT2D eigenvalue weighted by molar-refractivity contribution is -0.133. The highest BCUT2D eigenvalue weighted by atomic mass is 32.1. The van der Waals surface area contributed by atoms with Gasteiger partial charge in [0.15, 0.2) is 0 Å². The van der Waals surface area contributed by atoms with E-state index in [4.69, 9.17) is 20.6 Å². The maximum absolute atomic E-state index is 9.82. The number of hydrogen-bond donors (Lipinski definition) is 4. The molecule has 104 valence electrons. The SMILES string of the molecule is C=C(C)C(=O)O.C=CC(=O)O.N#CC(=CS)C(=O)O. The molecule has 0 saturated carbocycles. The fraction of sp³-hybridized carbons (Fsp3) is 0.0909. The summed E-state index contributed by atoms with van der Waals surface area (Å²) in [6.07, 6.45) is 0.833. The maximum atomic E-state index is 9.82. The molecule has 8 heteroatoms. The van der Waals surface area contributed by atoms with Crippen molar-refractivity contribution >= 4 is 30.5 Å². The number of nitriles is 1. The molecule has 0 bridgehead atoms. The van der Waals surface area contributed by atoms with E-state index in [9.17, 15) is 14.4 Å². The van der Waals surface area contributed by atoms with E-state index in [1.54, 1.807) is 0 Å². The minimum Gasteiger partial charge on any atom is -0.478 e. The molecule has 0 spiro atoms. The van der Waals surface area contributed by atoms with Crippen LogP contribution in [0.1, 0.15) is 6.92 Å². The normalized spacial score (nSPS) is 8.37. The van der Waals surface area contributed by atoms with Gasteiger partial charge in [0.1, 0.15) is 11.6 Å². The van der Waals surface area contributed by atoms with Crippen LogP contribution >= 0.6 is 12.6 Å². The van der Waals surface area contributed by atoms with Gasteiger partial charge < -0.3 is 15.3 Å². The Morgan fingerprint density at radius 3 is 1.53 bits per heavy atom. The molecule has 0 rings (SSSR count). The molecule has 0 unspecified atom stereocenters. The third kappa shape index (κ3) is 21.3. The van der Waals surface area contributed by atoms with Crippen molar-refractivity contribution in [3.8, 4) is 6.07 Å². The van der Waals surface area contributed by atoms with Gasteiger partial charge in [-0.15, -0.1) is 12.6 Å². The first kappa shape index (κ1) is 21.7. The number of carboxylic acid groups (broad SMARTS) is 3. The van der Waals surface area contributed by atoms with Crippen LogP contribution in [0.5, 0.6) is 0 Å². The van der Waals surface area contributed by atoms with Crippen LogP contribution in [0.25, 0.3) is 0 Å². The molecule has 0 radical (unpaired) electrons. The Kier molecular flexibility index (Phi) is 15.5. The van der Waals surface area contributed by atoms with Crippen molar-refractivity contribution in [2.75, 3.05) is 0 Å². The number of thiol groups is 1. The van der Waals surface area contributed by atoms with E-state index < -0.39 is 17.9 Å². The molecule has 0 amide bonds. The van der Waals surface area contributed by atoms with Crippen LogP contribution in [0.4, 0.5) is 0 Å². The van der Waals surface area contributed by atoms with E-state index in [0.29, 0.717) is 0 Å². The van der Waals surface area contributed by atoms with Crippen LogP contribution in [0.3, 0.4) is 0 Å². The highest BCUT2D eigenvalue weighted by molar-refractivity contribution is 7.83. The summed E-state index contributed by atoms with van der Waals surface area (Å²) in [5, 5.41) is 32.4. The molecule has 0 aromatic heterocycles. The Hall–Kier alpha value is -2.53. The predicted octanol–water partition coefficient (Wildman–Crippen LogP) is 1.31. The van der Waals surface area contributed by atoms with Crippen LogP contribution in [-0.2, 0) is 14.4 Å². The molecule has 0 aromatic rings. The lowest BCUT2D eigenvalue weighted by atomic mass is 10.3. The molecule has 0 aliphatic heterocycles. The summed E-state index contributed by atoms with van der Waals surface area (Å²) in [5.41, 5.74) is -0.177. The molecular formula is C11H13NO6S. The Bertz CT molecular complexity index is 421. The van der Waals surface area contributed by atoms with Gasteiger partial charge in [0.2, 0.25) is 0 Å². The van der Waals surface area contributed by atoms with Crippen molar-refractivity contribution in [1.82, 2.24) is 0 Å². The highest BCUT2D eigenvalue weighted by Crippen LogP contribution is 1.92. The lowest BCUT2D eigenvalue weighted by Gasteiger charge is -1.80. The minimum atomic E-state index is -1.25. The Morgan fingerprint density at radius 1 is 1.21 bits per heavy atom. The van der Waals surface area contributed by atoms with E-state index >= 15 is 0 Å². The summed E-state index contributed by atoms with van der Waals surface area (Å²) in [6, 6.07) is 1.44. The molecular weight excluding hydrogens is 274 g/mol. The van der Waals surface area contributed by atoms with Gasteiger partial charge in [0, 0.05) is 11.6 Å². The highest BCUT2D eigenvalue weighted by Gasteiger charge is 2.01. The van der Waals surface area contributed by atoms with E-state index in [0.717, 1.165) is 11.5 Å². The summed E-state index contributed by atoms with van der Waals surface area (Å²) in [7, 11) is 0. The van der Waals surface area contributed by atoms with Crippen LogP contribution < -0.4 is 0 Å². The molecule has 3 N–H and O–H groups in total. The third-order valence-corrected chi connectivity index (χ3v) is 1.28. The van der Waals surface area contributed by atoms with Gasteiger partial charge in [-0.25, -0.2) is 14.4 Å².